The second kappa shape index (κ2) is 5.96. The summed E-state index contributed by atoms with van der Waals surface area (Å²) in [4.78, 5) is 13.2. The minimum Gasteiger partial charge on any atom is -0.329 e. The highest BCUT2D eigenvalue weighted by Crippen LogP contribution is 2.17. The van der Waals surface area contributed by atoms with Crippen molar-refractivity contribution >= 4 is 21.4 Å². The Hall–Kier alpha value is -0.700. The van der Waals surface area contributed by atoms with Gasteiger partial charge in [-0.25, -0.2) is 13.1 Å². The summed E-state index contributed by atoms with van der Waals surface area (Å²) in [5, 5.41) is 0. The van der Waals surface area contributed by atoms with Crippen LogP contribution in [-0.4, -0.2) is 26.0 Å². The van der Waals surface area contributed by atoms with Crippen LogP contribution < -0.4 is 15.3 Å². The standard InChI is InChI=1S/C10H19N3O3S2/c1-6(2)4-8(5-11)13-18(15,16)9-7(3)12-10(14)17-9/h6,8,13H,4-5,11H2,1-3H3,(H,12,14). The number of rotatable bonds is 6. The molecule has 0 radical (unpaired) electrons. The summed E-state index contributed by atoms with van der Waals surface area (Å²) < 4.78 is 26.8. The van der Waals surface area contributed by atoms with E-state index >= 15 is 0 Å². The Morgan fingerprint density at radius 1 is 1.44 bits per heavy atom. The molecule has 18 heavy (non-hydrogen) atoms. The molecule has 4 N–H and O–H groups in total. The van der Waals surface area contributed by atoms with E-state index in [0.717, 1.165) is 0 Å². The molecule has 0 aliphatic carbocycles. The smallest absolute Gasteiger partial charge is 0.305 e. The normalized spacial score (nSPS) is 14.1. The highest BCUT2D eigenvalue weighted by Gasteiger charge is 2.24. The molecule has 0 amide bonds. The molecular weight excluding hydrogens is 274 g/mol. The maximum Gasteiger partial charge on any atom is 0.305 e. The van der Waals surface area contributed by atoms with E-state index in [-0.39, 0.29) is 21.7 Å². The second-order valence-electron chi connectivity index (χ2n) is 4.61. The number of hydrogen-bond donors (Lipinski definition) is 3. The number of aromatic nitrogens is 1. The SMILES string of the molecule is Cc1[nH]c(=O)sc1S(=O)(=O)NC(CN)CC(C)C. The first-order chi connectivity index (χ1) is 8.26. The van der Waals surface area contributed by atoms with E-state index in [2.05, 4.69) is 9.71 Å². The Kier molecular flexibility index (Phi) is 5.09. The van der Waals surface area contributed by atoms with Crippen molar-refractivity contribution < 1.29 is 8.42 Å². The summed E-state index contributed by atoms with van der Waals surface area (Å²) in [6.07, 6.45) is 0.661. The highest BCUT2D eigenvalue weighted by atomic mass is 32.2. The van der Waals surface area contributed by atoms with Gasteiger partial charge < -0.3 is 10.7 Å². The van der Waals surface area contributed by atoms with Gasteiger partial charge >= 0.3 is 4.87 Å². The number of hydrogen-bond acceptors (Lipinski definition) is 5. The van der Waals surface area contributed by atoms with Gasteiger partial charge in [-0.1, -0.05) is 25.2 Å². The van der Waals surface area contributed by atoms with Crippen LogP contribution in [0.1, 0.15) is 26.0 Å². The quantitative estimate of drug-likeness (QED) is 0.706. The minimum atomic E-state index is -3.67. The van der Waals surface area contributed by atoms with Gasteiger partial charge in [0.1, 0.15) is 0 Å². The summed E-state index contributed by atoms with van der Waals surface area (Å²) in [7, 11) is -3.67. The number of nitrogens with two attached hydrogens (primary N) is 1. The molecule has 0 aliphatic rings. The second-order valence-corrected chi connectivity index (χ2v) is 7.50. The van der Waals surface area contributed by atoms with Crippen LogP contribution in [0.25, 0.3) is 0 Å². The van der Waals surface area contributed by atoms with E-state index in [1.165, 1.54) is 0 Å². The van der Waals surface area contributed by atoms with Crippen molar-refractivity contribution in [2.75, 3.05) is 6.54 Å². The first-order valence-corrected chi connectivity index (χ1v) is 7.98. The highest BCUT2D eigenvalue weighted by molar-refractivity contribution is 7.91. The predicted molar refractivity (Wildman–Crippen MR) is 72.3 cm³/mol. The molecule has 1 rings (SSSR count). The first kappa shape index (κ1) is 15.4. The third-order valence-corrected chi connectivity index (χ3v) is 5.51. The molecule has 1 unspecified atom stereocenters. The van der Waals surface area contributed by atoms with Crippen molar-refractivity contribution in [3.63, 3.8) is 0 Å². The average molecular weight is 293 g/mol. The van der Waals surface area contributed by atoms with Gasteiger partial charge in [-0.3, -0.25) is 4.79 Å². The molecular formula is C10H19N3O3S2. The molecule has 0 aromatic carbocycles. The minimum absolute atomic E-state index is 0.0368. The zero-order chi connectivity index (χ0) is 13.9. The van der Waals surface area contributed by atoms with Crippen molar-refractivity contribution in [3.8, 4) is 0 Å². The van der Waals surface area contributed by atoms with Crippen LogP contribution in [0.5, 0.6) is 0 Å². The summed E-state index contributed by atoms with van der Waals surface area (Å²) >= 11 is 0.690. The monoisotopic (exact) mass is 293 g/mol. The van der Waals surface area contributed by atoms with Gasteiger partial charge in [0.05, 0.1) is 0 Å². The van der Waals surface area contributed by atoms with Gasteiger partial charge in [0.25, 0.3) is 10.0 Å². The molecule has 0 aliphatic heterocycles. The van der Waals surface area contributed by atoms with Crippen LogP contribution in [0.2, 0.25) is 0 Å². The molecule has 1 heterocycles. The molecule has 104 valence electrons. The molecule has 1 aromatic rings. The lowest BCUT2D eigenvalue weighted by Crippen LogP contribution is -2.40. The first-order valence-electron chi connectivity index (χ1n) is 5.68. The number of nitrogens with one attached hydrogen (secondary N) is 2. The molecule has 6 nitrogen and oxygen atoms in total. The maximum atomic E-state index is 12.1. The van der Waals surface area contributed by atoms with Crippen molar-refractivity contribution in [1.82, 2.24) is 9.71 Å². The van der Waals surface area contributed by atoms with Crippen molar-refractivity contribution in [1.29, 1.82) is 0 Å². The fourth-order valence-corrected chi connectivity index (χ4v) is 4.26. The van der Waals surface area contributed by atoms with E-state index in [4.69, 9.17) is 5.73 Å². The number of aromatic amines is 1. The van der Waals surface area contributed by atoms with Gasteiger partial charge in [-0.2, -0.15) is 0 Å². The van der Waals surface area contributed by atoms with Crippen molar-refractivity contribution in [2.45, 2.75) is 37.4 Å². The Morgan fingerprint density at radius 2 is 2.06 bits per heavy atom. The van der Waals surface area contributed by atoms with Gasteiger partial charge in [0.2, 0.25) is 0 Å². The van der Waals surface area contributed by atoms with Gasteiger partial charge in [-0.05, 0) is 19.3 Å². The zero-order valence-electron chi connectivity index (χ0n) is 10.7. The van der Waals surface area contributed by atoms with Crippen LogP contribution in [0, 0.1) is 12.8 Å². The summed E-state index contributed by atoms with van der Waals surface area (Å²) in [5.41, 5.74) is 5.92. The molecule has 0 saturated heterocycles. The third kappa shape index (κ3) is 3.91. The number of H-pyrrole nitrogens is 1. The van der Waals surface area contributed by atoms with Crippen LogP contribution in [0.15, 0.2) is 9.00 Å². The zero-order valence-corrected chi connectivity index (χ0v) is 12.3. The molecule has 0 spiro atoms. The number of thiazole rings is 1. The van der Waals surface area contributed by atoms with Gasteiger partial charge in [0, 0.05) is 18.3 Å². The van der Waals surface area contributed by atoms with E-state index in [1.54, 1.807) is 6.92 Å². The van der Waals surface area contributed by atoms with E-state index in [1.807, 2.05) is 13.8 Å². The lowest BCUT2D eigenvalue weighted by molar-refractivity contribution is 0.465. The molecule has 1 aromatic heterocycles. The fraction of sp³-hybridized carbons (Fsp3) is 0.700. The fourth-order valence-electron chi connectivity index (χ4n) is 1.68. The molecule has 0 saturated carbocycles. The van der Waals surface area contributed by atoms with Crippen LogP contribution >= 0.6 is 11.3 Å². The summed E-state index contributed by atoms with van der Waals surface area (Å²) in [6, 6.07) is -0.313. The van der Waals surface area contributed by atoms with E-state index in [9.17, 15) is 13.2 Å². The molecule has 8 heteroatoms. The molecule has 0 fully saturated rings. The van der Waals surface area contributed by atoms with Crippen molar-refractivity contribution in [3.05, 3.63) is 15.4 Å². The Bertz CT molecular complexity index is 545. The molecule has 0 bridgehead atoms. The Balaban J connectivity index is 2.94. The van der Waals surface area contributed by atoms with E-state index in [0.29, 0.717) is 29.4 Å². The Labute approximate surface area is 111 Å². The van der Waals surface area contributed by atoms with Crippen LogP contribution in [0.4, 0.5) is 0 Å². The Morgan fingerprint density at radius 3 is 2.44 bits per heavy atom. The van der Waals surface area contributed by atoms with E-state index < -0.39 is 10.0 Å². The lowest BCUT2D eigenvalue weighted by atomic mass is 10.1. The van der Waals surface area contributed by atoms with Crippen molar-refractivity contribution in [2.24, 2.45) is 11.7 Å². The largest absolute Gasteiger partial charge is 0.329 e. The van der Waals surface area contributed by atoms with Crippen LogP contribution in [0.3, 0.4) is 0 Å². The summed E-state index contributed by atoms with van der Waals surface area (Å²) in [6.45, 7) is 5.79. The average Bonchev–Trinajstić information content (AvgIpc) is 2.56. The molecule has 1 atom stereocenters. The van der Waals surface area contributed by atoms with Gasteiger partial charge in [0.15, 0.2) is 4.21 Å². The third-order valence-electron chi connectivity index (χ3n) is 2.39. The van der Waals surface area contributed by atoms with Gasteiger partial charge in [-0.15, -0.1) is 0 Å². The summed E-state index contributed by atoms with van der Waals surface area (Å²) in [5.74, 6) is 0.340. The predicted octanol–water partition coefficient (Wildman–Crippen LogP) is 0.397. The maximum absolute atomic E-state index is 12.1. The lowest BCUT2D eigenvalue weighted by Gasteiger charge is -2.18. The number of sulfonamides is 1. The number of aryl methyl sites for hydroxylation is 1. The topological polar surface area (TPSA) is 105 Å². The van der Waals surface area contributed by atoms with Crippen LogP contribution in [-0.2, 0) is 10.0 Å².